The van der Waals surface area contributed by atoms with Gasteiger partial charge in [0.05, 0.1) is 6.61 Å². The fourth-order valence-corrected chi connectivity index (χ4v) is 4.81. The summed E-state index contributed by atoms with van der Waals surface area (Å²) in [5.41, 5.74) is 2.80. The van der Waals surface area contributed by atoms with Crippen LogP contribution in [0.15, 0.2) is 67.3 Å². The lowest BCUT2D eigenvalue weighted by molar-refractivity contribution is 0.121. The van der Waals surface area contributed by atoms with Gasteiger partial charge in [-0.15, -0.1) is 6.58 Å². The molecule has 0 saturated heterocycles. The van der Waals surface area contributed by atoms with Crippen LogP contribution in [-0.2, 0) is 11.3 Å². The highest BCUT2D eigenvalue weighted by molar-refractivity contribution is 5.72. The van der Waals surface area contributed by atoms with Crippen LogP contribution in [0.1, 0.15) is 56.1 Å². The van der Waals surface area contributed by atoms with Crippen molar-refractivity contribution in [3.63, 3.8) is 0 Å². The molecule has 0 N–H and O–H groups in total. The first-order valence-corrected chi connectivity index (χ1v) is 12.1. The second kappa shape index (κ2) is 11.1. The summed E-state index contributed by atoms with van der Waals surface area (Å²) in [7, 11) is 0. The van der Waals surface area contributed by atoms with Crippen molar-refractivity contribution < 1.29 is 17.9 Å². The molecule has 0 bridgehead atoms. The third-order valence-corrected chi connectivity index (χ3v) is 6.79. The van der Waals surface area contributed by atoms with Gasteiger partial charge in [0.2, 0.25) is 0 Å². The van der Waals surface area contributed by atoms with E-state index in [0.717, 1.165) is 37.7 Å². The van der Waals surface area contributed by atoms with Gasteiger partial charge in [0.25, 0.3) is 0 Å². The summed E-state index contributed by atoms with van der Waals surface area (Å²) >= 11 is 0. The van der Waals surface area contributed by atoms with Crippen LogP contribution in [0.25, 0.3) is 22.3 Å². The first-order chi connectivity index (χ1) is 16.5. The molecule has 1 aliphatic rings. The molecule has 0 spiro atoms. The molecule has 0 unspecified atom stereocenters. The van der Waals surface area contributed by atoms with Crippen LogP contribution in [0, 0.1) is 23.4 Å². The summed E-state index contributed by atoms with van der Waals surface area (Å²) in [5, 5.41) is 0. The monoisotopic (exact) mass is 464 g/mol. The van der Waals surface area contributed by atoms with Crippen LogP contribution in [0.5, 0.6) is 0 Å². The quantitative estimate of drug-likeness (QED) is 0.239. The lowest BCUT2D eigenvalue weighted by Crippen LogP contribution is -2.11. The van der Waals surface area contributed by atoms with E-state index in [1.807, 2.05) is 19.1 Å². The fourth-order valence-electron chi connectivity index (χ4n) is 4.81. The third kappa shape index (κ3) is 5.44. The summed E-state index contributed by atoms with van der Waals surface area (Å²) in [6.07, 6.45) is 7.10. The molecule has 0 radical (unpaired) electrons. The smallest absolute Gasteiger partial charge is 0.131 e. The molecule has 34 heavy (non-hydrogen) atoms. The Kier molecular flexibility index (Phi) is 7.89. The van der Waals surface area contributed by atoms with Crippen LogP contribution in [-0.4, -0.2) is 6.61 Å². The Morgan fingerprint density at radius 1 is 0.824 bits per heavy atom. The van der Waals surface area contributed by atoms with Crippen molar-refractivity contribution >= 4 is 0 Å². The van der Waals surface area contributed by atoms with Crippen molar-refractivity contribution in [3.05, 3.63) is 95.8 Å². The lowest BCUT2D eigenvalue weighted by Gasteiger charge is -2.27. The molecule has 1 fully saturated rings. The zero-order valence-corrected chi connectivity index (χ0v) is 19.6. The van der Waals surface area contributed by atoms with Gasteiger partial charge in [-0.05, 0) is 78.8 Å². The summed E-state index contributed by atoms with van der Waals surface area (Å²) in [6.45, 7) is 6.81. The molecule has 4 heteroatoms. The predicted octanol–water partition coefficient (Wildman–Crippen LogP) is 8.82. The largest absolute Gasteiger partial charge is 0.377 e. The Hall–Kier alpha value is -2.85. The highest BCUT2D eigenvalue weighted by Gasteiger charge is 2.22. The first-order valence-electron chi connectivity index (χ1n) is 12.1. The minimum atomic E-state index is -0.586. The number of benzene rings is 3. The molecule has 0 aromatic heterocycles. The first kappa shape index (κ1) is 24.3. The molecule has 178 valence electrons. The van der Waals surface area contributed by atoms with E-state index in [0.29, 0.717) is 41.7 Å². The SMILES string of the molecule is C=C[C@H]1CC[C@H](c2ccc(-c3ccc(-c4ccc(COCCC)cc4F)c(F)c3)c(F)c2)CC1. The molecule has 0 amide bonds. The fraction of sp³-hybridized carbons (Fsp3) is 0.333. The van der Waals surface area contributed by atoms with E-state index >= 15 is 8.78 Å². The Labute approximate surface area is 200 Å². The molecule has 1 aliphatic carbocycles. The van der Waals surface area contributed by atoms with Gasteiger partial charge in [-0.25, -0.2) is 13.2 Å². The second-order valence-corrected chi connectivity index (χ2v) is 9.15. The van der Waals surface area contributed by atoms with Crippen LogP contribution in [0.3, 0.4) is 0 Å². The highest BCUT2D eigenvalue weighted by atomic mass is 19.1. The molecule has 1 saturated carbocycles. The van der Waals surface area contributed by atoms with Gasteiger partial charge in [-0.1, -0.05) is 49.4 Å². The number of hydrogen-bond donors (Lipinski definition) is 0. The summed E-state index contributed by atoms with van der Waals surface area (Å²) < 4.78 is 50.2. The van der Waals surface area contributed by atoms with Crippen molar-refractivity contribution in [2.45, 2.75) is 51.6 Å². The van der Waals surface area contributed by atoms with E-state index in [-0.39, 0.29) is 16.9 Å². The number of halogens is 3. The number of hydrogen-bond acceptors (Lipinski definition) is 1. The molecule has 1 nitrogen and oxygen atoms in total. The van der Waals surface area contributed by atoms with E-state index in [9.17, 15) is 4.39 Å². The van der Waals surface area contributed by atoms with Crippen molar-refractivity contribution in [1.82, 2.24) is 0 Å². The molecule has 0 atom stereocenters. The summed E-state index contributed by atoms with van der Waals surface area (Å²) in [4.78, 5) is 0. The van der Waals surface area contributed by atoms with Crippen molar-refractivity contribution in [1.29, 1.82) is 0 Å². The van der Waals surface area contributed by atoms with E-state index in [4.69, 9.17) is 4.74 Å². The Morgan fingerprint density at radius 2 is 1.47 bits per heavy atom. The standard InChI is InChI=1S/C30H31F3O/c1-3-15-34-19-21-7-12-26(28(31)16-21)27-14-11-24(18-30(27)33)25-13-10-23(17-29(25)32)22-8-5-20(4-2)6-9-22/h4,7,10-14,16-18,20,22H,2-3,5-6,8-9,15,19H2,1H3/t20-,22-. The minimum absolute atomic E-state index is 0.151. The maximum atomic E-state index is 15.0. The van der Waals surface area contributed by atoms with Gasteiger partial charge >= 0.3 is 0 Å². The maximum Gasteiger partial charge on any atom is 0.131 e. The van der Waals surface area contributed by atoms with Crippen LogP contribution >= 0.6 is 0 Å². The van der Waals surface area contributed by atoms with Gasteiger partial charge in [0, 0.05) is 23.3 Å². The molecule has 0 heterocycles. The minimum Gasteiger partial charge on any atom is -0.377 e. The van der Waals surface area contributed by atoms with Crippen LogP contribution < -0.4 is 0 Å². The van der Waals surface area contributed by atoms with Gasteiger partial charge in [-0.2, -0.15) is 0 Å². The number of allylic oxidation sites excluding steroid dienone is 1. The van der Waals surface area contributed by atoms with Gasteiger partial charge in [-0.3, -0.25) is 0 Å². The highest BCUT2D eigenvalue weighted by Crippen LogP contribution is 2.38. The van der Waals surface area contributed by atoms with E-state index in [2.05, 4.69) is 6.58 Å². The van der Waals surface area contributed by atoms with E-state index in [1.165, 1.54) is 18.2 Å². The van der Waals surface area contributed by atoms with Gasteiger partial charge < -0.3 is 4.74 Å². The number of rotatable bonds is 8. The van der Waals surface area contributed by atoms with E-state index < -0.39 is 11.6 Å². The van der Waals surface area contributed by atoms with Crippen LogP contribution in [0.4, 0.5) is 13.2 Å². The van der Waals surface area contributed by atoms with Crippen molar-refractivity contribution in [2.75, 3.05) is 6.61 Å². The third-order valence-electron chi connectivity index (χ3n) is 6.79. The molecular formula is C30H31F3O. The molecule has 3 aromatic rings. The maximum absolute atomic E-state index is 15.0. The molecular weight excluding hydrogens is 433 g/mol. The summed E-state index contributed by atoms with van der Waals surface area (Å²) in [6, 6.07) is 14.4. The molecule has 0 aliphatic heterocycles. The van der Waals surface area contributed by atoms with Gasteiger partial charge in [0.1, 0.15) is 17.5 Å². The summed E-state index contributed by atoms with van der Waals surface area (Å²) in [5.74, 6) is -0.559. The number of ether oxygens (including phenoxy) is 1. The second-order valence-electron chi connectivity index (χ2n) is 9.15. The van der Waals surface area contributed by atoms with Crippen molar-refractivity contribution in [3.8, 4) is 22.3 Å². The molecule has 4 rings (SSSR count). The normalized spacial score (nSPS) is 18.1. The Morgan fingerprint density at radius 3 is 2.09 bits per heavy atom. The Bertz CT molecular complexity index is 1150. The lowest BCUT2D eigenvalue weighted by atomic mass is 9.78. The predicted molar refractivity (Wildman–Crippen MR) is 132 cm³/mol. The molecule has 3 aromatic carbocycles. The zero-order valence-electron chi connectivity index (χ0n) is 19.6. The van der Waals surface area contributed by atoms with Crippen molar-refractivity contribution in [2.24, 2.45) is 5.92 Å². The average Bonchev–Trinajstić information content (AvgIpc) is 2.85. The van der Waals surface area contributed by atoms with Gasteiger partial charge in [0.15, 0.2) is 0 Å². The zero-order chi connectivity index (χ0) is 24.1. The topological polar surface area (TPSA) is 9.23 Å². The average molecular weight is 465 g/mol. The van der Waals surface area contributed by atoms with E-state index in [1.54, 1.807) is 30.3 Å². The Balaban J connectivity index is 1.52. The van der Waals surface area contributed by atoms with Crippen LogP contribution in [0.2, 0.25) is 0 Å².